The van der Waals surface area contributed by atoms with Crippen LogP contribution in [-0.4, -0.2) is 21.6 Å². The molecule has 6 nitrogen and oxygen atoms in total. The summed E-state index contributed by atoms with van der Waals surface area (Å²) in [6, 6.07) is 23.8. The number of rotatable bonds is 6. The van der Waals surface area contributed by atoms with Crippen molar-refractivity contribution < 1.29 is 9.59 Å². The Kier molecular flexibility index (Phi) is 5.89. The highest BCUT2D eigenvalue weighted by Gasteiger charge is 2.12. The van der Waals surface area contributed by atoms with Gasteiger partial charge in [0.2, 0.25) is 0 Å². The van der Waals surface area contributed by atoms with Gasteiger partial charge in [-0.15, -0.1) is 0 Å². The molecule has 0 spiro atoms. The van der Waals surface area contributed by atoms with E-state index in [2.05, 4.69) is 15.7 Å². The van der Waals surface area contributed by atoms with Crippen molar-refractivity contribution in [3.63, 3.8) is 0 Å². The van der Waals surface area contributed by atoms with Crippen molar-refractivity contribution in [1.82, 2.24) is 9.78 Å². The zero-order chi connectivity index (χ0) is 21.6. The number of anilines is 2. The zero-order valence-corrected chi connectivity index (χ0v) is 17.1. The SMILES string of the molecule is Cc1ccc(C(=O)Nc2cccc(Cn3cccn3)c2)cc1NC(=O)c1ccccc1. The van der Waals surface area contributed by atoms with E-state index in [0.29, 0.717) is 29.0 Å². The molecule has 1 heterocycles. The Balaban J connectivity index is 1.48. The molecule has 0 saturated heterocycles. The van der Waals surface area contributed by atoms with Crippen LogP contribution in [0.15, 0.2) is 91.3 Å². The summed E-state index contributed by atoms with van der Waals surface area (Å²) < 4.78 is 1.82. The van der Waals surface area contributed by atoms with Crippen molar-refractivity contribution in [3.8, 4) is 0 Å². The van der Waals surface area contributed by atoms with Crippen LogP contribution in [0.3, 0.4) is 0 Å². The third-order valence-electron chi connectivity index (χ3n) is 4.87. The second-order valence-corrected chi connectivity index (χ2v) is 7.21. The molecule has 4 aromatic rings. The van der Waals surface area contributed by atoms with Gasteiger partial charge in [-0.3, -0.25) is 14.3 Å². The molecular weight excluding hydrogens is 388 g/mol. The van der Waals surface area contributed by atoms with Gasteiger partial charge in [0.1, 0.15) is 0 Å². The lowest BCUT2D eigenvalue weighted by Crippen LogP contribution is -2.15. The van der Waals surface area contributed by atoms with Gasteiger partial charge in [0.05, 0.1) is 6.54 Å². The molecule has 0 aliphatic heterocycles. The molecule has 0 radical (unpaired) electrons. The Morgan fingerprint density at radius 2 is 1.65 bits per heavy atom. The number of amides is 2. The van der Waals surface area contributed by atoms with Gasteiger partial charge < -0.3 is 10.6 Å². The van der Waals surface area contributed by atoms with Crippen molar-refractivity contribution in [2.75, 3.05) is 10.6 Å². The molecule has 3 aromatic carbocycles. The van der Waals surface area contributed by atoms with Crippen LogP contribution in [0.5, 0.6) is 0 Å². The molecule has 0 fully saturated rings. The van der Waals surface area contributed by atoms with Gasteiger partial charge in [0.15, 0.2) is 0 Å². The summed E-state index contributed by atoms with van der Waals surface area (Å²) in [7, 11) is 0. The van der Waals surface area contributed by atoms with Gasteiger partial charge in [-0.05, 0) is 60.5 Å². The van der Waals surface area contributed by atoms with Gasteiger partial charge in [-0.25, -0.2) is 0 Å². The van der Waals surface area contributed by atoms with E-state index in [4.69, 9.17) is 0 Å². The maximum absolute atomic E-state index is 12.8. The standard InChI is InChI=1S/C25H22N4O2/c1-18-11-12-21(16-23(18)28-24(30)20-8-3-2-4-9-20)25(31)27-22-10-5-7-19(15-22)17-29-14-6-13-26-29/h2-16H,17H2,1H3,(H,27,31)(H,28,30). The fourth-order valence-electron chi connectivity index (χ4n) is 3.21. The first kappa shape index (κ1) is 20.1. The van der Waals surface area contributed by atoms with Crippen molar-refractivity contribution in [2.24, 2.45) is 0 Å². The van der Waals surface area contributed by atoms with Gasteiger partial charge in [0.25, 0.3) is 11.8 Å². The number of carbonyl (C=O) groups excluding carboxylic acids is 2. The van der Waals surface area contributed by atoms with E-state index in [9.17, 15) is 9.59 Å². The molecule has 0 unspecified atom stereocenters. The average Bonchev–Trinajstić information content (AvgIpc) is 3.29. The summed E-state index contributed by atoms with van der Waals surface area (Å²) in [4.78, 5) is 25.3. The van der Waals surface area contributed by atoms with Crippen molar-refractivity contribution in [1.29, 1.82) is 0 Å². The molecule has 0 aliphatic carbocycles. The Morgan fingerprint density at radius 3 is 2.42 bits per heavy atom. The number of carbonyl (C=O) groups is 2. The first-order valence-corrected chi connectivity index (χ1v) is 9.93. The molecule has 0 saturated carbocycles. The van der Waals surface area contributed by atoms with Gasteiger partial charge >= 0.3 is 0 Å². The van der Waals surface area contributed by atoms with Crippen molar-refractivity contribution in [3.05, 3.63) is 114 Å². The molecule has 0 atom stereocenters. The normalized spacial score (nSPS) is 10.5. The molecule has 2 N–H and O–H groups in total. The highest BCUT2D eigenvalue weighted by Crippen LogP contribution is 2.20. The van der Waals surface area contributed by atoms with Crippen LogP contribution in [0.4, 0.5) is 11.4 Å². The fraction of sp³-hybridized carbons (Fsp3) is 0.0800. The minimum atomic E-state index is -0.244. The predicted octanol–water partition coefficient (Wildman–Crippen LogP) is 4.74. The zero-order valence-electron chi connectivity index (χ0n) is 17.1. The second-order valence-electron chi connectivity index (χ2n) is 7.21. The van der Waals surface area contributed by atoms with E-state index < -0.39 is 0 Å². The average molecular weight is 410 g/mol. The lowest BCUT2D eigenvalue weighted by Gasteiger charge is -2.12. The molecule has 2 amide bonds. The number of hydrogen-bond donors (Lipinski definition) is 2. The van der Waals surface area contributed by atoms with Gasteiger partial charge in [-0.2, -0.15) is 5.10 Å². The van der Waals surface area contributed by atoms with Crippen LogP contribution in [0.2, 0.25) is 0 Å². The number of aromatic nitrogens is 2. The lowest BCUT2D eigenvalue weighted by atomic mass is 10.1. The Labute approximate surface area is 180 Å². The molecule has 0 aliphatic rings. The summed E-state index contributed by atoms with van der Waals surface area (Å²) in [5.41, 5.74) is 4.24. The Hall–Kier alpha value is -4.19. The number of hydrogen-bond acceptors (Lipinski definition) is 3. The highest BCUT2D eigenvalue weighted by molar-refractivity contribution is 6.07. The van der Waals surface area contributed by atoms with E-state index in [-0.39, 0.29) is 11.8 Å². The summed E-state index contributed by atoms with van der Waals surface area (Å²) in [6.07, 6.45) is 3.62. The van der Waals surface area contributed by atoms with Crippen LogP contribution in [0, 0.1) is 6.92 Å². The van der Waals surface area contributed by atoms with Gasteiger partial charge in [0, 0.05) is 34.9 Å². The first-order valence-electron chi connectivity index (χ1n) is 9.93. The lowest BCUT2D eigenvalue weighted by molar-refractivity contribution is 0.101. The Morgan fingerprint density at radius 1 is 0.839 bits per heavy atom. The van der Waals surface area contributed by atoms with Crippen LogP contribution in [0.25, 0.3) is 0 Å². The highest BCUT2D eigenvalue weighted by atomic mass is 16.2. The maximum Gasteiger partial charge on any atom is 0.255 e. The van der Waals surface area contributed by atoms with Crippen LogP contribution < -0.4 is 10.6 Å². The summed E-state index contributed by atoms with van der Waals surface area (Å²) in [5, 5.41) is 10.0. The number of nitrogens with zero attached hydrogens (tertiary/aromatic N) is 2. The quantitative estimate of drug-likeness (QED) is 0.482. The van der Waals surface area contributed by atoms with Crippen LogP contribution in [0.1, 0.15) is 31.8 Å². The van der Waals surface area contributed by atoms with E-state index in [1.165, 1.54) is 0 Å². The number of benzene rings is 3. The number of nitrogens with one attached hydrogen (secondary N) is 2. The molecular formula is C25H22N4O2. The minimum absolute atomic E-state index is 0.215. The monoisotopic (exact) mass is 410 g/mol. The topological polar surface area (TPSA) is 76.0 Å². The predicted molar refractivity (Wildman–Crippen MR) is 121 cm³/mol. The summed E-state index contributed by atoms with van der Waals surface area (Å²) >= 11 is 0. The molecule has 0 bridgehead atoms. The fourth-order valence-corrected chi connectivity index (χ4v) is 3.21. The first-order chi connectivity index (χ1) is 15.1. The molecule has 4 rings (SSSR count). The largest absolute Gasteiger partial charge is 0.322 e. The van der Waals surface area contributed by atoms with Crippen LogP contribution in [-0.2, 0) is 6.54 Å². The maximum atomic E-state index is 12.8. The van der Waals surface area contributed by atoms with Crippen molar-refractivity contribution in [2.45, 2.75) is 13.5 Å². The van der Waals surface area contributed by atoms with Gasteiger partial charge in [-0.1, -0.05) is 36.4 Å². The molecule has 6 heteroatoms. The van der Waals surface area contributed by atoms with E-state index >= 15 is 0 Å². The van der Waals surface area contributed by atoms with E-state index in [0.717, 1.165) is 11.1 Å². The van der Waals surface area contributed by atoms with E-state index in [1.54, 1.807) is 30.5 Å². The third-order valence-corrected chi connectivity index (χ3v) is 4.87. The minimum Gasteiger partial charge on any atom is -0.322 e. The van der Waals surface area contributed by atoms with E-state index in [1.807, 2.05) is 72.4 Å². The molecule has 31 heavy (non-hydrogen) atoms. The second kappa shape index (κ2) is 9.09. The summed E-state index contributed by atoms with van der Waals surface area (Å²) in [6.45, 7) is 2.51. The number of aryl methyl sites for hydroxylation is 1. The third kappa shape index (κ3) is 5.05. The Bertz CT molecular complexity index is 1200. The van der Waals surface area contributed by atoms with Crippen LogP contribution >= 0.6 is 0 Å². The molecule has 154 valence electrons. The summed E-state index contributed by atoms with van der Waals surface area (Å²) in [5.74, 6) is -0.459. The van der Waals surface area contributed by atoms with Crippen molar-refractivity contribution >= 4 is 23.2 Å². The molecule has 1 aromatic heterocycles. The smallest absolute Gasteiger partial charge is 0.255 e.